The molecule has 1 heterocycles. The molecular formula is C28H22O3. The predicted octanol–water partition coefficient (Wildman–Crippen LogP) is 6.28. The highest BCUT2D eigenvalue weighted by molar-refractivity contribution is 6.04. The van der Waals surface area contributed by atoms with Crippen molar-refractivity contribution in [1.82, 2.24) is 0 Å². The number of aryl methyl sites for hydroxylation is 1. The molecule has 1 aliphatic heterocycles. The lowest BCUT2D eigenvalue weighted by molar-refractivity contribution is 0.0599. The zero-order chi connectivity index (χ0) is 21.4. The van der Waals surface area contributed by atoms with Gasteiger partial charge in [0.1, 0.15) is 5.75 Å². The fourth-order valence-corrected chi connectivity index (χ4v) is 4.31. The Morgan fingerprint density at radius 3 is 2.13 bits per heavy atom. The fraction of sp³-hybridized carbons (Fsp3) is 0.107. The molecular weight excluding hydrogens is 384 g/mol. The van der Waals surface area contributed by atoms with Crippen molar-refractivity contribution in [2.75, 3.05) is 7.11 Å². The van der Waals surface area contributed by atoms with Crippen LogP contribution in [-0.2, 0) is 10.3 Å². The lowest BCUT2D eigenvalue weighted by Crippen LogP contribution is -2.34. The number of benzene rings is 4. The monoisotopic (exact) mass is 406 g/mol. The maximum atomic E-state index is 12.6. The Labute approximate surface area is 181 Å². The number of carbonyl (C=O) groups excluding carboxylic acids is 1. The molecule has 3 heteroatoms. The highest BCUT2D eigenvalue weighted by Crippen LogP contribution is 2.46. The molecule has 0 aliphatic carbocycles. The van der Waals surface area contributed by atoms with Crippen molar-refractivity contribution in [1.29, 1.82) is 0 Å². The summed E-state index contributed by atoms with van der Waals surface area (Å²) in [6.07, 6.45) is 4.02. The Bertz CT molecular complexity index is 1270. The van der Waals surface area contributed by atoms with Crippen LogP contribution in [0.25, 0.3) is 16.8 Å². The van der Waals surface area contributed by atoms with Crippen LogP contribution < -0.4 is 4.74 Å². The van der Waals surface area contributed by atoms with Crippen LogP contribution in [0.15, 0.2) is 91.0 Å². The van der Waals surface area contributed by atoms with E-state index in [1.807, 2.05) is 61.5 Å². The van der Waals surface area contributed by atoms with Crippen LogP contribution in [0.1, 0.15) is 32.6 Å². The van der Waals surface area contributed by atoms with E-state index >= 15 is 0 Å². The van der Waals surface area contributed by atoms with Gasteiger partial charge >= 0.3 is 5.97 Å². The molecule has 0 fully saturated rings. The van der Waals surface area contributed by atoms with Gasteiger partial charge in [0.15, 0.2) is 5.60 Å². The van der Waals surface area contributed by atoms with Crippen molar-refractivity contribution in [3.05, 3.63) is 119 Å². The number of ether oxygens (including phenoxy) is 2. The molecule has 3 nitrogen and oxygen atoms in total. The van der Waals surface area contributed by atoms with Gasteiger partial charge in [0.2, 0.25) is 0 Å². The zero-order valence-electron chi connectivity index (χ0n) is 17.5. The maximum absolute atomic E-state index is 12.6. The first-order valence-electron chi connectivity index (χ1n) is 10.3. The summed E-state index contributed by atoms with van der Waals surface area (Å²) in [6.45, 7) is 2.04. The molecule has 0 radical (unpaired) electrons. The second-order valence-corrected chi connectivity index (χ2v) is 7.79. The number of rotatable bonds is 3. The summed E-state index contributed by atoms with van der Waals surface area (Å²) in [5.41, 5.74) is 3.60. The van der Waals surface area contributed by atoms with Gasteiger partial charge in [-0.15, -0.1) is 0 Å². The first-order chi connectivity index (χ1) is 15.1. The predicted molar refractivity (Wildman–Crippen MR) is 123 cm³/mol. The zero-order valence-corrected chi connectivity index (χ0v) is 17.5. The van der Waals surface area contributed by atoms with E-state index in [-0.39, 0.29) is 5.97 Å². The minimum Gasteiger partial charge on any atom is -0.472 e. The van der Waals surface area contributed by atoms with Gasteiger partial charge in [0.05, 0.1) is 12.7 Å². The van der Waals surface area contributed by atoms with Crippen molar-refractivity contribution in [2.24, 2.45) is 0 Å². The molecule has 5 rings (SSSR count). The van der Waals surface area contributed by atoms with E-state index < -0.39 is 5.60 Å². The molecule has 152 valence electrons. The van der Waals surface area contributed by atoms with Crippen molar-refractivity contribution in [2.45, 2.75) is 12.5 Å². The van der Waals surface area contributed by atoms with Crippen molar-refractivity contribution >= 4 is 22.8 Å². The molecule has 0 N–H and O–H groups in total. The second kappa shape index (κ2) is 7.44. The number of carbonyl (C=O) groups is 1. The van der Waals surface area contributed by atoms with Crippen LogP contribution in [0.2, 0.25) is 0 Å². The Hall–Kier alpha value is -3.85. The fourth-order valence-electron chi connectivity index (χ4n) is 4.31. The van der Waals surface area contributed by atoms with Gasteiger partial charge in [-0.25, -0.2) is 4.79 Å². The second-order valence-electron chi connectivity index (χ2n) is 7.79. The van der Waals surface area contributed by atoms with Gasteiger partial charge in [-0.05, 0) is 30.5 Å². The van der Waals surface area contributed by atoms with Gasteiger partial charge in [-0.2, -0.15) is 0 Å². The number of hydrogen-bond donors (Lipinski definition) is 0. The molecule has 0 bridgehead atoms. The van der Waals surface area contributed by atoms with Crippen molar-refractivity contribution < 1.29 is 14.3 Å². The van der Waals surface area contributed by atoms with E-state index in [0.717, 1.165) is 33.0 Å². The molecule has 1 aliphatic rings. The van der Waals surface area contributed by atoms with E-state index in [0.29, 0.717) is 11.3 Å². The summed E-state index contributed by atoms with van der Waals surface area (Å²) < 4.78 is 12.0. The van der Waals surface area contributed by atoms with Crippen LogP contribution in [0, 0.1) is 6.92 Å². The summed E-state index contributed by atoms with van der Waals surface area (Å²) in [5.74, 6) is 0.313. The van der Waals surface area contributed by atoms with Crippen LogP contribution in [0.4, 0.5) is 0 Å². The minimum atomic E-state index is -0.803. The van der Waals surface area contributed by atoms with E-state index in [4.69, 9.17) is 9.47 Å². The highest BCUT2D eigenvalue weighted by atomic mass is 16.5. The molecule has 4 aromatic rings. The third-order valence-corrected chi connectivity index (χ3v) is 5.84. The van der Waals surface area contributed by atoms with Crippen LogP contribution in [-0.4, -0.2) is 13.1 Å². The third kappa shape index (κ3) is 3.10. The molecule has 0 spiro atoms. The first kappa shape index (κ1) is 19.1. The standard InChI is InChI=1S/C28H22O3/c1-19-13-14-23-20(17-19)18-25(27(29)30-2)24-15-16-28(31-26(23)24,21-9-5-3-6-10-21)22-11-7-4-8-12-22/h3-18H,1-2H3. The summed E-state index contributed by atoms with van der Waals surface area (Å²) in [5, 5.41) is 1.92. The number of esters is 1. The normalized spacial score (nSPS) is 14.0. The summed E-state index contributed by atoms with van der Waals surface area (Å²) in [6, 6.07) is 28.4. The lowest BCUT2D eigenvalue weighted by Gasteiger charge is -2.37. The third-order valence-electron chi connectivity index (χ3n) is 5.84. The Morgan fingerprint density at radius 2 is 1.52 bits per heavy atom. The average Bonchev–Trinajstić information content (AvgIpc) is 2.83. The van der Waals surface area contributed by atoms with Gasteiger partial charge in [-0.1, -0.05) is 84.4 Å². The van der Waals surface area contributed by atoms with Crippen LogP contribution >= 0.6 is 0 Å². The van der Waals surface area contributed by atoms with Gasteiger partial charge < -0.3 is 9.47 Å². The summed E-state index contributed by atoms with van der Waals surface area (Å²) >= 11 is 0. The number of fused-ring (bicyclic) bond motifs is 3. The average molecular weight is 406 g/mol. The molecule has 31 heavy (non-hydrogen) atoms. The van der Waals surface area contributed by atoms with Crippen LogP contribution in [0.3, 0.4) is 0 Å². The van der Waals surface area contributed by atoms with E-state index in [2.05, 4.69) is 42.5 Å². The Balaban J connectivity index is 1.82. The van der Waals surface area contributed by atoms with Gasteiger partial charge in [-0.3, -0.25) is 0 Å². The quantitative estimate of drug-likeness (QED) is 0.375. The summed E-state index contributed by atoms with van der Waals surface area (Å²) in [7, 11) is 1.40. The molecule has 0 amide bonds. The molecule has 0 saturated carbocycles. The highest BCUT2D eigenvalue weighted by Gasteiger charge is 2.38. The molecule has 0 saturated heterocycles. The van der Waals surface area contributed by atoms with E-state index in [1.165, 1.54) is 7.11 Å². The van der Waals surface area contributed by atoms with Crippen molar-refractivity contribution in [3.63, 3.8) is 0 Å². The van der Waals surface area contributed by atoms with Crippen molar-refractivity contribution in [3.8, 4) is 5.75 Å². The molecule has 0 atom stereocenters. The maximum Gasteiger partial charge on any atom is 0.338 e. The lowest BCUT2D eigenvalue weighted by atomic mass is 9.82. The number of hydrogen-bond acceptors (Lipinski definition) is 3. The molecule has 0 unspecified atom stereocenters. The largest absolute Gasteiger partial charge is 0.472 e. The van der Waals surface area contributed by atoms with E-state index in [9.17, 15) is 4.79 Å². The topological polar surface area (TPSA) is 35.5 Å². The van der Waals surface area contributed by atoms with Crippen LogP contribution in [0.5, 0.6) is 5.75 Å². The first-order valence-corrected chi connectivity index (χ1v) is 10.3. The Kier molecular flexibility index (Phi) is 4.59. The minimum absolute atomic E-state index is 0.375. The Morgan fingerprint density at radius 1 is 0.871 bits per heavy atom. The SMILES string of the molecule is COC(=O)c1cc2cc(C)ccc2c2c1C=CC(c1ccccc1)(c1ccccc1)O2. The van der Waals surface area contributed by atoms with E-state index in [1.54, 1.807) is 0 Å². The molecule has 0 aromatic heterocycles. The summed E-state index contributed by atoms with van der Waals surface area (Å²) in [4.78, 5) is 12.6. The van der Waals surface area contributed by atoms with Gasteiger partial charge in [0, 0.05) is 22.1 Å². The number of methoxy groups -OCH3 is 1. The smallest absolute Gasteiger partial charge is 0.338 e. The molecule has 4 aromatic carbocycles. The van der Waals surface area contributed by atoms with Gasteiger partial charge in [0.25, 0.3) is 0 Å².